The van der Waals surface area contributed by atoms with Gasteiger partial charge >= 0.3 is 0 Å². The van der Waals surface area contributed by atoms with Gasteiger partial charge in [0.05, 0.1) is 20.3 Å². The SMILES string of the molecule is CCNC(=NCc1ccccc1OCC)NCC1(c2ccc(OC)cc2)CCOCC1. The van der Waals surface area contributed by atoms with Gasteiger partial charge in [-0.05, 0) is 50.5 Å². The zero-order valence-electron chi connectivity index (χ0n) is 18.9. The molecule has 3 rings (SSSR count). The molecule has 0 spiro atoms. The molecule has 0 atom stereocenters. The van der Waals surface area contributed by atoms with Crippen molar-refractivity contribution in [3.05, 3.63) is 59.7 Å². The van der Waals surface area contributed by atoms with Crippen LogP contribution in [0.25, 0.3) is 0 Å². The Hall–Kier alpha value is -2.73. The van der Waals surface area contributed by atoms with Gasteiger partial charge in [-0.15, -0.1) is 0 Å². The highest BCUT2D eigenvalue weighted by Gasteiger charge is 2.34. The Bertz CT molecular complexity index is 830. The third-order valence-corrected chi connectivity index (χ3v) is 5.77. The van der Waals surface area contributed by atoms with Crippen molar-refractivity contribution in [2.45, 2.75) is 38.6 Å². The second-order valence-corrected chi connectivity index (χ2v) is 7.71. The smallest absolute Gasteiger partial charge is 0.191 e. The maximum atomic E-state index is 5.74. The molecule has 168 valence electrons. The molecule has 1 fully saturated rings. The van der Waals surface area contributed by atoms with Gasteiger partial charge in [0.25, 0.3) is 0 Å². The van der Waals surface area contributed by atoms with Crippen LogP contribution in [0.4, 0.5) is 0 Å². The molecule has 0 bridgehead atoms. The Morgan fingerprint density at radius 1 is 1.03 bits per heavy atom. The van der Waals surface area contributed by atoms with Crippen LogP contribution in [0.1, 0.15) is 37.8 Å². The van der Waals surface area contributed by atoms with Gasteiger partial charge in [0.15, 0.2) is 5.96 Å². The average molecular weight is 426 g/mol. The van der Waals surface area contributed by atoms with Crippen LogP contribution in [-0.4, -0.2) is 46.0 Å². The first-order valence-electron chi connectivity index (χ1n) is 11.2. The normalized spacial score (nSPS) is 15.9. The Morgan fingerprint density at radius 2 is 1.77 bits per heavy atom. The van der Waals surface area contributed by atoms with E-state index in [9.17, 15) is 0 Å². The highest BCUT2D eigenvalue weighted by Crippen LogP contribution is 2.35. The summed E-state index contributed by atoms with van der Waals surface area (Å²) in [5, 5.41) is 6.97. The van der Waals surface area contributed by atoms with Gasteiger partial charge in [-0.25, -0.2) is 4.99 Å². The zero-order chi connectivity index (χ0) is 21.9. The molecule has 1 saturated heterocycles. The number of rotatable bonds is 9. The predicted molar refractivity (Wildman–Crippen MR) is 125 cm³/mol. The molecule has 0 amide bonds. The van der Waals surface area contributed by atoms with Crippen molar-refractivity contribution in [3.63, 3.8) is 0 Å². The molecule has 1 heterocycles. The van der Waals surface area contributed by atoms with Crippen molar-refractivity contribution in [2.75, 3.05) is 40.0 Å². The Balaban J connectivity index is 1.75. The number of guanidine groups is 1. The fourth-order valence-corrected chi connectivity index (χ4v) is 3.96. The van der Waals surface area contributed by atoms with Gasteiger partial charge in [-0.1, -0.05) is 30.3 Å². The summed E-state index contributed by atoms with van der Waals surface area (Å²) in [6.45, 7) is 8.41. The third-order valence-electron chi connectivity index (χ3n) is 5.77. The van der Waals surface area contributed by atoms with Gasteiger partial charge in [0, 0.05) is 37.3 Å². The van der Waals surface area contributed by atoms with Crippen LogP contribution in [-0.2, 0) is 16.7 Å². The minimum absolute atomic E-state index is 0.00391. The number of benzene rings is 2. The lowest BCUT2D eigenvalue weighted by molar-refractivity contribution is 0.0513. The summed E-state index contributed by atoms with van der Waals surface area (Å²) in [6.07, 6.45) is 1.94. The Labute approximate surface area is 186 Å². The number of hydrogen-bond acceptors (Lipinski definition) is 4. The first-order valence-corrected chi connectivity index (χ1v) is 11.2. The van der Waals surface area contributed by atoms with Crippen molar-refractivity contribution < 1.29 is 14.2 Å². The molecule has 2 N–H and O–H groups in total. The van der Waals surface area contributed by atoms with E-state index in [1.807, 2.05) is 37.3 Å². The maximum absolute atomic E-state index is 5.74. The number of methoxy groups -OCH3 is 1. The molecule has 0 saturated carbocycles. The summed E-state index contributed by atoms with van der Waals surface area (Å²) in [5.74, 6) is 2.58. The van der Waals surface area contributed by atoms with Gasteiger partial charge in [0.1, 0.15) is 11.5 Å². The number of para-hydroxylation sites is 1. The van der Waals surface area contributed by atoms with Crippen molar-refractivity contribution in [1.82, 2.24) is 10.6 Å². The molecule has 0 radical (unpaired) electrons. The van der Waals surface area contributed by atoms with E-state index in [1.54, 1.807) is 7.11 Å². The van der Waals surface area contributed by atoms with Crippen LogP contribution < -0.4 is 20.1 Å². The molecule has 0 aliphatic carbocycles. The van der Waals surface area contributed by atoms with E-state index in [2.05, 4.69) is 35.8 Å². The standard InChI is InChI=1S/C25H35N3O3/c1-4-26-24(27-18-20-8-6-7-9-23(20)31-5-2)28-19-25(14-16-30-17-15-25)21-10-12-22(29-3)13-11-21/h6-13H,4-5,14-19H2,1-3H3,(H2,26,27,28). The Morgan fingerprint density at radius 3 is 2.45 bits per heavy atom. The molecule has 1 aliphatic heterocycles. The minimum atomic E-state index is 0.00391. The Kier molecular flexibility index (Phi) is 8.59. The van der Waals surface area contributed by atoms with E-state index >= 15 is 0 Å². The summed E-state index contributed by atoms with van der Waals surface area (Å²) in [4.78, 5) is 4.83. The second-order valence-electron chi connectivity index (χ2n) is 7.71. The molecule has 0 unspecified atom stereocenters. The van der Waals surface area contributed by atoms with Gasteiger partial charge in [0.2, 0.25) is 0 Å². The highest BCUT2D eigenvalue weighted by atomic mass is 16.5. The van der Waals surface area contributed by atoms with Gasteiger partial charge in [-0.3, -0.25) is 0 Å². The average Bonchev–Trinajstić information content (AvgIpc) is 2.82. The highest BCUT2D eigenvalue weighted by molar-refractivity contribution is 5.80. The van der Waals surface area contributed by atoms with E-state index < -0.39 is 0 Å². The summed E-state index contributed by atoms with van der Waals surface area (Å²) in [7, 11) is 1.70. The van der Waals surface area contributed by atoms with Crippen LogP contribution in [0.5, 0.6) is 11.5 Å². The van der Waals surface area contributed by atoms with Crippen molar-refractivity contribution in [2.24, 2.45) is 4.99 Å². The number of hydrogen-bond donors (Lipinski definition) is 2. The van der Waals surface area contributed by atoms with E-state index in [0.29, 0.717) is 13.2 Å². The zero-order valence-corrected chi connectivity index (χ0v) is 18.9. The van der Waals surface area contributed by atoms with E-state index in [0.717, 1.165) is 62.2 Å². The molecule has 31 heavy (non-hydrogen) atoms. The molecular formula is C25H35N3O3. The largest absolute Gasteiger partial charge is 0.497 e. The fourth-order valence-electron chi connectivity index (χ4n) is 3.96. The number of nitrogens with one attached hydrogen (secondary N) is 2. The topological polar surface area (TPSA) is 64.1 Å². The predicted octanol–water partition coefficient (Wildman–Crippen LogP) is 3.90. The first kappa shape index (κ1) is 22.9. The van der Waals surface area contributed by atoms with Crippen LogP contribution in [0.15, 0.2) is 53.5 Å². The first-order chi connectivity index (χ1) is 15.2. The molecular weight excluding hydrogens is 390 g/mol. The van der Waals surface area contributed by atoms with Crippen molar-refractivity contribution in [1.29, 1.82) is 0 Å². The maximum Gasteiger partial charge on any atom is 0.191 e. The third kappa shape index (κ3) is 6.14. The van der Waals surface area contributed by atoms with Gasteiger partial charge in [-0.2, -0.15) is 0 Å². The number of nitrogens with zero attached hydrogens (tertiary/aromatic N) is 1. The molecule has 1 aliphatic rings. The van der Waals surface area contributed by atoms with Crippen LogP contribution >= 0.6 is 0 Å². The second kappa shape index (κ2) is 11.6. The quantitative estimate of drug-likeness (QED) is 0.471. The van der Waals surface area contributed by atoms with Crippen LogP contribution in [0.3, 0.4) is 0 Å². The molecule has 0 aromatic heterocycles. The van der Waals surface area contributed by atoms with E-state index in [1.165, 1.54) is 5.56 Å². The minimum Gasteiger partial charge on any atom is -0.497 e. The number of ether oxygens (including phenoxy) is 3. The van der Waals surface area contributed by atoms with Crippen molar-refractivity contribution >= 4 is 5.96 Å². The fraction of sp³-hybridized carbons (Fsp3) is 0.480. The van der Waals surface area contributed by atoms with E-state index in [-0.39, 0.29) is 5.41 Å². The number of aliphatic imine (C=N–C) groups is 1. The lowest BCUT2D eigenvalue weighted by atomic mass is 9.74. The van der Waals surface area contributed by atoms with E-state index in [4.69, 9.17) is 19.2 Å². The molecule has 6 nitrogen and oxygen atoms in total. The summed E-state index contributed by atoms with van der Waals surface area (Å²) >= 11 is 0. The molecule has 2 aromatic carbocycles. The lowest BCUT2D eigenvalue weighted by Gasteiger charge is -2.38. The van der Waals surface area contributed by atoms with Crippen molar-refractivity contribution in [3.8, 4) is 11.5 Å². The monoisotopic (exact) mass is 425 g/mol. The summed E-state index contributed by atoms with van der Waals surface area (Å²) in [6, 6.07) is 16.5. The molecule has 6 heteroatoms. The van der Waals surface area contributed by atoms with Crippen LogP contribution in [0.2, 0.25) is 0 Å². The van der Waals surface area contributed by atoms with Crippen LogP contribution in [0, 0.1) is 0 Å². The van der Waals surface area contributed by atoms with Gasteiger partial charge < -0.3 is 24.8 Å². The summed E-state index contributed by atoms with van der Waals surface area (Å²) < 4.78 is 16.8. The summed E-state index contributed by atoms with van der Waals surface area (Å²) in [5.41, 5.74) is 2.39. The lowest BCUT2D eigenvalue weighted by Crippen LogP contribution is -2.48. The molecule has 2 aromatic rings.